The van der Waals surface area contributed by atoms with Crippen LogP contribution in [0.3, 0.4) is 0 Å². The summed E-state index contributed by atoms with van der Waals surface area (Å²) in [7, 11) is -4.20. The molecular formula is C11H14BrF2NO3S2. The van der Waals surface area contributed by atoms with Crippen LogP contribution in [0, 0.1) is 11.6 Å². The molecule has 0 saturated carbocycles. The lowest BCUT2D eigenvalue weighted by Gasteiger charge is -2.22. The van der Waals surface area contributed by atoms with Crippen LogP contribution in [0.5, 0.6) is 0 Å². The Labute approximate surface area is 129 Å². The van der Waals surface area contributed by atoms with Crippen molar-refractivity contribution in [2.45, 2.75) is 17.4 Å². The first-order valence-corrected chi connectivity index (χ1v) is 9.11. The summed E-state index contributed by atoms with van der Waals surface area (Å²) in [5, 5.41) is 9.89. The van der Waals surface area contributed by atoms with Gasteiger partial charge in [0.25, 0.3) is 0 Å². The molecule has 9 heteroatoms. The van der Waals surface area contributed by atoms with Crippen molar-refractivity contribution in [3.05, 3.63) is 28.2 Å². The average molecular weight is 390 g/mol. The minimum atomic E-state index is -4.20. The summed E-state index contributed by atoms with van der Waals surface area (Å²) in [4.78, 5) is -0.682. The summed E-state index contributed by atoms with van der Waals surface area (Å²) in [5.74, 6) is -1.78. The van der Waals surface area contributed by atoms with E-state index in [2.05, 4.69) is 20.7 Å². The molecule has 1 rings (SSSR count). The molecule has 114 valence electrons. The number of halogens is 3. The lowest BCUT2D eigenvalue weighted by atomic mass is 10.1. The van der Waals surface area contributed by atoms with Gasteiger partial charge in [0, 0.05) is 22.8 Å². The van der Waals surface area contributed by atoms with E-state index in [1.807, 2.05) is 0 Å². The van der Waals surface area contributed by atoms with Gasteiger partial charge in [-0.25, -0.2) is 21.9 Å². The minimum Gasteiger partial charge on any atom is -0.388 e. The van der Waals surface area contributed by atoms with Crippen molar-refractivity contribution in [3.63, 3.8) is 0 Å². The Hall–Kier alpha value is -0.220. The first kappa shape index (κ1) is 17.8. The Morgan fingerprint density at radius 2 is 2.05 bits per heavy atom. The average Bonchev–Trinajstić information content (AvgIpc) is 2.24. The van der Waals surface area contributed by atoms with Crippen LogP contribution in [0.15, 0.2) is 21.5 Å². The van der Waals surface area contributed by atoms with E-state index in [0.29, 0.717) is 11.8 Å². The Morgan fingerprint density at radius 3 is 2.55 bits per heavy atom. The van der Waals surface area contributed by atoms with Gasteiger partial charge in [-0.1, -0.05) is 0 Å². The third-order valence-electron chi connectivity index (χ3n) is 2.33. The fraction of sp³-hybridized carbons (Fsp3) is 0.455. The van der Waals surface area contributed by atoms with Gasteiger partial charge in [0.1, 0.15) is 16.5 Å². The first-order chi connectivity index (χ1) is 9.09. The highest BCUT2D eigenvalue weighted by Gasteiger charge is 2.27. The van der Waals surface area contributed by atoms with Crippen molar-refractivity contribution in [3.8, 4) is 0 Å². The highest BCUT2D eigenvalue weighted by atomic mass is 79.9. The number of aliphatic hydroxyl groups is 1. The Morgan fingerprint density at radius 1 is 1.45 bits per heavy atom. The second kappa shape index (κ2) is 6.69. The molecule has 0 aromatic heterocycles. The van der Waals surface area contributed by atoms with E-state index < -0.39 is 32.2 Å². The Kier molecular flexibility index (Phi) is 5.97. The minimum absolute atomic E-state index is 0.216. The third kappa shape index (κ3) is 4.66. The predicted molar refractivity (Wildman–Crippen MR) is 78.3 cm³/mol. The van der Waals surface area contributed by atoms with E-state index in [1.54, 1.807) is 6.26 Å². The smallest absolute Gasteiger partial charge is 0.244 e. The fourth-order valence-corrected chi connectivity index (χ4v) is 4.52. The molecule has 1 atom stereocenters. The van der Waals surface area contributed by atoms with Crippen LogP contribution in [0.25, 0.3) is 0 Å². The predicted octanol–water partition coefficient (Wildman–Crippen LogP) is 2.12. The zero-order valence-electron chi connectivity index (χ0n) is 10.8. The van der Waals surface area contributed by atoms with Crippen molar-refractivity contribution in [2.24, 2.45) is 0 Å². The molecular weight excluding hydrogens is 376 g/mol. The van der Waals surface area contributed by atoms with Gasteiger partial charge in [0.2, 0.25) is 10.0 Å². The molecule has 0 bridgehead atoms. The fourth-order valence-electron chi connectivity index (χ4n) is 1.47. The van der Waals surface area contributed by atoms with Crippen LogP contribution in [0.4, 0.5) is 8.78 Å². The Balaban J connectivity index is 3.01. The Bertz CT molecular complexity index is 570. The second-order valence-electron chi connectivity index (χ2n) is 4.45. The molecule has 1 aromatic rings. The van der Waals surface area contributed by atoms with Gasteiger partial charge in [-0.15, -0.1) is 0 Å². The number of sulfonamides is 1. The molecule has 0 heterocycles. The van der Waals surface area contributed by atoms with Crippen molar-refractivity contribution in [2.75, 3.05) is 18.6 Å². The highest BCUT2D eigenvalue weighted by molar-refractivity contribution is 9.10. The van der Waals surface area contributed by atoms with Crippen molar-refractivity contribution in [1.82, 2.24) is 4.72 Å². The zero-order chi connectivity index (χ0) is 15.6. The van der Waals surface area contributed by atoms with Gasteiger partial charge in [0.15, 0.2) is 0 Å². The van der Waals surface area contributed by atoms with E-state index in [0.717, 1.165) is 6.07 Å². The van der Waals surface area contributed by atoms with Crippen LogP contribution in [0.1, 0.15) is 6.92 Å². The number of nitrogens with one attached hydrogen (secondary N) is 1. The standard InChI is InChI=1S/C11H14BrF2NO3S2/c1-11(16,6-19-2)5-15-20(17,18)10-8(12)3-7(13)4-9(10)14/h3-4,15-16H,5-6H2,1-2H3. The molecule has 1 aromatic carbocycles. The molecule has 20 heavy (non-hydrogen) atoms. The molecule has 0 fully saturated rings. The molecule has 4 nitrogen and oxygen atoms in total. The first-order valence-electron chi connectivity index (χ1n) is 5.44. The number of hydrogen-bond acceptors (Lipinski definition) is 4. The van der Waals surface area contributed by atoms with Gasteiger partial charge >= 0.3 is 0 Å². The van der Waals surface area contributed by atoms with Gasteiger partial charge in [0.05, 0.1) is 5.60 Å². The second-order valence-corrected chi connectivity index (χ2v) is 7.88. The van der Waals surface area contributed by atoms with Gasteiger partial charge in [-0.3, -0.25) is 0 Å². The van der Waals surface area contributed by atoms with E-state index >= 15 is 0 Å². The van der Waals surface area contributed by atoms with Crippen molar-refractivity contribution in [1.29, 1.82) is 0 Å². The van der Waals surface area contributed by atoms with Gasteiger partial charge in [-0.2, -0.15) is 11.8 Å². The third-order valence-corrected chi connectivity index (χ3v) is 5.61. The normalized spacial score (nSPS) is 15.1. The van der Waals surface area contributed by atoms with Crippen LogP contribution < -0.4 is 4.72 Å². The number of hydrogen-bond donors (Lipinski definition) is 2. The topological polar surface area (TPSA) is 66.4 Å². The molecule has 0 spiro atoms. The summed E-state index contributed by atoms with van der Waals surface area (Å²) >= 11 is 4.16. The maximum atomic E-state index is 13.6. The van der Waals surface area contributed by atoms with Crippen LogP contribution in [-0.2, 0) is 10.0 Å². The molecule has 2 N–H and O–H groups in total. The summed E-state index contributed by atoms with van der Waals surface area (Å²) < 4.78 is 52.5. The maximum absolute atomic E-state index is 13.6. The van der Waals surface area contributed by atoms with Crippen LogP contribution >= 0.6 is 27.7 Å². The lowest BCUT2D eigenvalue weighted by Crippen LogP contribution is -2.42. The number of thioether (sulfide) groups is 1. The van der Waals surface area contributed by atoms with E-state index in [-0.39, 0.29) is 11.0 Å². The quantitative estimate of drug-likeness (QED) is 0.781. The molecule has 0 saturated heterocycles. The van der Waals surface area contributed by atoms with Crippen LogP contribution in [0.2, 0.25) is 0 Å². The maximum Gasteiger partial charge on any atom is 0.244 e. The molecule has 0 aliphatic carbocycles. The van der Waals surface area contributed by atoms with Crippen molar-refractivity contribution >= 4 is 37.7 Å². The molecule has 0 aliphatic heterocycles. The summed E-state index contributed by atoms with van der Waals surface area (Å²) in [6.07, 6.45) is 1.76. The van der Waals surface area contributed by atoms with E-state index in [4.69, 9.17) is 0 Å². The largest absolute Gasteiger partial charge is 0.388 e. The molecule has 0 aliphatic rings. The monoisotopic (exact) mass is 389 g/mol. The van der Waals surface area contributed by atoms with Gasteiger partial charge < -0.3 is 5.11 Å². The zero-order valence-corrected chi connectivity index (χ0v) is 14.0. The van der Waals surface area contributed by atoms with Crippen molar-refractivity contribution < 1.29 is 22.3 Å². The lowest BCUT2D eigenvalue weighted by molar-refractivity contribution is 0.0908. The molecule has 0 radical (unpaired) electrons. The highest BCUT2D eigenvalue weighted by Crippen LogP contribution is 2.26. The number of benzene rings is 1. The summed E-state index contributed by atoms with van der Waals surface area (Å²) in [6.45, 7) is 1.18. The number of rotatable bonds is 6. The summed E-state index contributed by atoms with van der Waals surface area (Å²) in [6, 6.07) is 1.34. The van der Waals surface area contributed by atoms with E-state index in [1.165, 1.54) is 18.7 Å². The SMILES string of the molecule is CSCC(C)(O)CNS(=O)(=O)c1c(F)cc(F)cc1Br. The van der Waals surface area contributed by atoms with Crippen LogP contribution in [-0.4, -0.2) is 37.7 Å². The molecule has 0 amide bonds. The summed E-state index contributed by atoms with van der Waals surface area (Å²) in [5.41, 5.74) is -1.27. The van der Waals surface area contributed by atoms with Gasteiger partial charge in [-0.05, 0) is 35.2 Å². The van der Waals surface area contributed by atoms with E-state index in [9.17, 15) is 22.3 Å². The molecule has 1 unspecified atom stereocenters.